The number of amides is 2. The molecule has 0 unspecified atom stereocenters. The summed E-state index contributed by atoms with van der Waals surface area (Å²) >= 11 is 12.8. The Morgan fingerprint density at radius 1 is 0.617 bits per heavy atom. The molecule has 0 saturated carbocycles. The highest BCUT2D eigenvalue weighted by molar-refractivity contribution is 6.31. The normalized spacial score (nSPS) is 17.5. The highest BCUT2D eigenvalue weighted by Crippen LogP contribution is 2.48. The van der Waals surface area contributed by atoms with Crippen LogP contribution in [0.15, 0.2) is 79.0 Å². The third-order valence-corrected chi connectivity index (χ3v) is 14.0. The zero-order chi connectivity index (χ0) is 41.7. The number of aromatic nitrogens is 4. The van der Waals surface area contributed by atoms with E-state index in [9.17, 15) is 14.4 Å². The first-order valence-electron chi connectivity index (χ1n) is 20.9. The van der Waals surface area contributed by atoms with Crippen LogP contribution in [-0.2, 0) is 52.8 Å². The maximum Gasteiger partial charge on any atom is 0.237 e. The van der Waals surface area contributed by atoms with Crippen molar-refractivity contribution >= 4 is 74.0 Å². The molecule has 5 heterocycles. The first-order chi connectivity index (χ1) is 28.8. The quantitative estimate of drug-likeness (QED) is 0.153. The number of anilines is 2. The van der Waals surface area contributed by atoms with Gasteiger partial charge in [-0.1, -0.05) is 59.6 Å². The van der Waals surface area contributed by atoms with E-state index < -0.39 is 10.8 Å². The van der Waals surface area contributed by atoms with Crippen LogP contribution in [-0.4, -0.2) is 37.8 Å². The van der Waals surface area contributed by atoms with Crippen molar-refractivity contribution in [1.29, 1.82) is 0 Å². The summed E-state index contributed by atoms with van der Waals surface area (Å²) in [6.07, 6.45) is 8.46. The molecule has 0 spiro atoms. The highest BCUT2D eigenvalue weighted by atomic mass is 35.5. The predicted molar refractivity (Wildman–Crippen MR) is 239 cm³/mol. The lowest BCUT2D eigenvalue weighted by molar-refractivity contribution is -0.122. The molecule has 4 aliphatic rings. The maximum absolute atomic E-state index is 13.4. The van der Waals surface area contributed by atoms with Gasteiger partial charge in [-0.05, 0) is 142 Å². The zero-order valence-electron chi connectivity index (χ0n) is 34.2. The van der Waals surface area contributed by atoms with E-state index in [1.165, 1.54) is 16.5 Å². The maximum atomic E-state index is 13.4. The molecule has 4 aromatic carbocycles. The number of nitrogens with one attached hydrogen (secondary N) is 3. The lowest BCUT2D eigenvalue weighted by atomic mass is 9.85. The number of hydrogen-bond acceptors (Lipinski definition) is 4. The predicted octanol–water partition coefficient (Wildman–Crippen LogP) is 11.1. The van der Waals surface area contributed by atoms with Crippen molar-refractivity contribution in [3.8, 4) is 11.4 Å². The summed E-state index contributed by atoms with van der Waals surface area (Å²) in [6.45, 7) is 8.85. The van der Waals surface area contributed by atoms with Crippen LogP contribution < -0.4 is 9.80 Å². The molecule has 3 N–H and O–H groups in total. The SMILES string of the molecule is CC1(C)C(=O)N(Cc2ccccc2Cl)c2cc3c4c([nH]c3cc21)-c1[nH]ncc1CCC4.CC1(C)C(=O)N(Cc2ccccc2Cl)c2cc3c4c([nH]c3cc21)C(=O)CCCC4. The van der Waals surface area contributed by atoms with Crippen molar-refractivity contribution in [2.75, 3.05) is 9.80 Å². The molecule has 60 heavy (non-hydrogen) atoms. The number of carbonyl (C=O) groups is 3. The topological polar surface area (TPSA) is 118 Å². The van der Waals surface area contributed by atoms with E-state index >= 15 is 0 Å². The molecule has 11 heteroatoms. The van der Waals surface area contributed by atoms with Crippen LogP contribution in [0.5, 0.6) is 0 Å². The number of halogens is 2. The standard InChI is InChI=1S/C25H23ClN4O.C24H23ClN2O2/c1-25(2)18-11-20-17(16-8-5-7-14-12-27-29-22(14)23(16)28-20)10-21(18)30(24(25)31)13-15-6-3-4-9-19(15)26;1-24(2)17-12-19-16(15-8-4-6-10-21(28)22(15)26-19)11-20(17)27(23(24)29)13-14-7-3-5-9-18(14)25/h3-4,6,9-12,28H,5,7-8,13H2,1-2H3,(H,27,29);3,5,7,9,11-12,26H,4,6,8,10,13H2,1-2H3. The van der Waals surface area contributed by atoms with E-state index in [-0.39, 0.29) is 17.6 Å². The molecule has 0 fully saturated rings. The second kappa shape index (κ2) is 14.2. The summed E-state index contributed by atoms with van der Waals surface area (Å²) in [5, 5.41) is 11.0. The molecule has 0 atom stereocenters. The Hall–Kier alpha value is -5.64. The van der Waals surface area contributed by atoms with Gasteiger partial charge in [-0.2, -0.15) is 5.10 Å². The largest absolute Gasteiger partial charge is 0.353 e. The third kappa shape index (κ3) is 6.03. The average molecular weight is 838 g/mol. The van der Waals surface area contributed by atoms with Gasteiger partial charge in [-0.15, -0.1) is 0 Å². The fraction of sp³-hybridized carbons (Fsp3) is 0.306. The van der Waals surface area contributed by atoms with E-state index in [2.05, 4.69) is 44.4 Å². The smallest absolute Gasteiger partial charge is 0.237 e. The van der Waals surface area contributed by atoms with Gasteiger partial charge in [0, 0.05) is 49.6 Å². The van der Waals surface area contributed by atoms with Crippen molar-refractivity contribution in [2.45, 2.75) is 96.6 Å². The second-order valence-corrected chi connectivity index (χ2v) is 18.6. The number of ketones is 1. The number of aryl methyl sites for hydroxylation is 3. The third-order valence-electron chi connectivity index (χ3n) is 13.3. The van der Waals surface area contributed by atoms with Gasteiger partial charge in [0.25, 0.3) is 0 Å². The Morgan fingerprint density at radius 2 is 1.12 bits per heavy atom. The van der Waals surface area contributed by atoms with Crippen LogP contribution in [0.4, 0.5) is 11.4 Å². The molecule has 2 amide bonds. The lowest BCUT2D eigenvalue weighted by Gasteiger charge is -2.21. The monoisotopic (exact) mass is 836 g/mol. The number of H-pyrrole nitrogens is 3. The number of rotatable bonds is 4. The van der Waals surface area contributed by atoms with Gasteiger partial charge in [0.2, 0.25) is 11.8 Å². The van der Waals surface area contributed by atoms with Gasteiger partial charge < -0.3 is 19.8 Å². The van der Waals surface area contributed by atoms with Gasteiger partial charge in [0.05, 0.1) is 47.2 Å². The Labute approximate surface area is 358 Å². The van der Waals surface area contributed by atoms with Crippen LogP contribution in [0.25, 0.3) is 33.2 Å². The summed E-state index contributed by atoms with van der Waals surface area (Å²) in [7, 11) is 0. The summed E-state index contributed by atoms with van der Waals surface area (Å²) < 4.78 is 0. The molecule has 7 aromatic rings. The molecule has 11 rings (SSSR count). The molecular formula is C49H46Cl2N6O3. The Kier molecular flexibility index (Phi) is 9.15. The van der Waals surface area contributed by atoms with Crippen LogP contribution in [0.3, 0.4) is 0 Å². The van der Waals surface area contributed by atoms with Crippen molar-refractivity contribution in [3.63, 3.8) is 0 Å². The van der Waals surface area contributed by atoms with E-state index in [1.807, 2.05) is 92.2 Å². The molecule has 3 aromatic heterocycles. The van der Waals surface area contributed by atoms with Crippen LogP contribution >= 0.6 is 23.2 Å². The highest BCUT2D eigenvalue weighted by Gasteiger charge is 2.46. The zero-order valence-corrected chi connectivity index (χ0v) is 35.7. The number of aromatic amines is 3. The average Bonchev–Trinajstić information content (AvgIpc) is 3.96. The minimum Gasteiger partial charge on any atom is -0.353 e. The van der Waals surface area contributed by atoms with Crippen LogP contribution in [0.1, 0.15) is 103 Å². The summed E-state index contributed by atoms with van der Waals surface area (Å²) in [6, 6.07) is 23.9. The lowest BCUT2D eigenvalue weighted by Crippen LogP contribution is -2.35. The molecule has 304 valence electrons. The Morgan fingerprint density at radius 3 is 1.68 bits per heavy atom. The fourth-order valence-corrected chi connectivity index (χ4v) is 10.3. The summed E-state index contributed by atoms with van der Waals surface area (Å²) in [5.74, 6) is 0.372. The summed E-state index contributed by atoms with van der Waals surface area (Å²) in [4.78, 5) is 50.0. The first-order valence-corrected chi connectivity index (χ1v) is 21.6. The van der Waals surface area contributed by atoms with Crippen molar-refractivity contribution < 1.29 is 14.4 Å². The van der Waals surface area contributed by atoms with Gasteiger partial charge in [0.15, 0.2) is 5.78 Å². The number of hydrogen-bond donors (Lipinski definition) is 3. The number of benzene rings is 4. The van der Waals surface area contributed by atoms with Crippen LogP contribution in [0.2, 0.25) is 10.0 Å². The van der Waals surface area contributed by atoms with E-state index in [1.54, 1.807) is 0 Å². The molecule has 0 bridgehead atoms. The number of nitrogens with zero attached hydrogens (tertiary/aromatic N) is 3. The Bertz CT molecular complexity index is 2930. The molecular weight excluding hydrogens is 791 g/mol. The number of Topliss-reactive ketones (excluding diaryl/α,β-unsaturated/α-hetero) is 1. The van der Waals surface area contributed by atoms with Crippen LogP contribution in [0, 0.1) is 0 Å². The molecule has 0 saturated heterocycles. The fourth-order valence-electron chi connectivity index (χ4n) is 9.91. The van der Waals surface area contributed by atoms with Gasteiger partial charge in [0.1, 0.15) is 0 Å². The van der Waals surface area contributed by atoms with E-state index in [0.717, 1.165) is 111 Å². The Balaban J connectivity index is 0.000000145. The molecule has 9 nitrogen and oxygen atoms in total. The van der Waals surface area contributed by atoms with E-state index in [4.69, 9.17) is 23.2 Å². The molecule has 0 radical (unpaired) electrons. The first kappa shape index (κ1) is 38.6. The van der Waals surface area contributed by atoms with Gasteiger partial charge in [-0.25, -0.2) is 0 Å². The van der Waals surface area contributed by atoms with Crippen molar-refractivity contribution in [2.24, 2.45) is 0 Å². The van der Waals surface area contributed by atoms with Crippen molar-refractivity contribution in [3.05, 3.63) is 134 Å². The second-order valence-electron chi connectivity index (χ2n) is 17.8. The summed E-state index contributed by atoms with van der Waals surface area (Å²) in [5.41, 5.74) is 13.3. The van der Waals surface area contributed by atoms with Gasteiger partial charge in [-0.3, -0.25) is 19.5 Å². The van der Waals surface area contributed by atoms with Crippen molar-refractivity contribution in [1.82, 2.24) is 20.2 Å². The minimum atomic E-state index is -0.628. The number of fused-ring (bicyclic) bond motifs is 10. The van der Waals surface area contributed by atoms with Gasteiger partial charge >= 0.3 is 0 Å². The molecule has 2 aliphatic carbocycles. The number of carbonyl (C=O) groups excluding carboxylic acids is 3. The van der Waals surface area contributed by atoms with E-state index in [0.29, 0.717) is 29.6 Å². The molecule has 2 aliphatic heterocycles. The minimum absolute atomic E-state index is 0.0715.